The largest absolute Gasteiger partial charge is 0.390 e. The Morgan fingerprint density at radius 1 is 1.30 bits per heavy atom. The van der Waals surface area contributed by atoms with Crippen LogP contribution >= 0.6 is 0 Å². The topological polar surface area (TPSA) is 71.8 Å². The molecular weight excluding hydrogens is 280 g/mol. The molecule has 3 rings (SSSR count). The highest BCUT2D eigenvalue weighted by molar-refractivity contribution is 7.89. The van der Waals surface area contributed by atoms with Crippen molar-refractivity contribution in [3.05, 3.63) is 18.0 Å². The third-order valence-electron chi connectivity index (χ3n) is 3.83. The summed E-state index contributed by atoms with van der Waals surface area (Å²) in [5.41, 5.74) is 0.678. The van der Waals surface area contributed by atoms with Gasteiger partial charge in [0.15, 0.2) is 0 Å². The van der Waals surface area contributed by atoms with E-state index in [-0.39, 0.29) is 11.5 Å². The number of ether oxygens (including phenoxy) is 1. The Hall–Kier alpha value is -0.890. The van der Waals surface area contributed by atoms with Gasteiger partial charge in [0.25, 0.3) is 0 Å². The molecule has 0 unspecified atom stereocenters. The van der Waals surface area contributed by atoms with Crippen LogP contribution in [0.2, 0.25) is 0 Å². The first-order valence-corrected chi connectivity index (χ1v) is 8.46. The second-order valence-corrected chi connectivity index (χ2v) is 7.27. The van der Waals surface area contributed by atoms with Gasteiger partial charge in [-0.3, -0.25) is 0 Å². The van der Waals surface area contributed by atoms with Crippen LogP contribution in [0, 0.1) is 0 Å². The minimum Gasteiger partial charge on any atom is -0.390 e. The van der Waals surface area contributed by atoms with E-state index in [9.17, 15) is 13.5 Å². The summed E-state index contributed by atoms with van der Waals surface area (Å²) in [6, 6.07) is 1.95. The molecule has 2 aliphatic rings. The zero-order valence-electron chi connectivity index (χ0n) is 11.4. The Morgan fingerprint density at radius 3 is 2.80 bits per heavy atom. The van der Waals surface area contributed by atoms with Crippen molar-refractivity contribution in [3.63, 3.8) is 0 Å². The van der Waals surface area contributed by atoms with Gasteiger partial charge in [-0.1, -0.05) is 0 Å². The van der Waals surface area contributed by atoms with Gasteiger partial charge in [-0.15, -0.1) is 0 Å². The lowest BCUT2D eigenvalue weighted by Gasteiger charge is -2.18. The van der Waals surface area contributed by atoms with Crippen LogP contribution in [0.3, 0.4) is 0 Å². The molecule has 2 fully saturated rings. The molecular formula is C13H20N2O4S. The highest BCUT2D eigenvalue weighted by Crippen LogP contribution is 2.37. The van der Waals surface area contributed by atoms with Gasteiger partial charge in [-0.25, -0.2) is 8.42 Å². The Labute approximate surface area is 119 Å². The summed E-state index contributed by atoms with van der Waals surface area (Å²) in [6.45, 7) is 1.80. The number of aliphatic hydroxyl groups excluding tert-OH is 1. The minimum atomic E-state index is -3.48. The fourth-order valence-electron chi connectivity index (χ4n) is 2.57. The summed E-state index contributed by atoms with van der Waals surface area (Å²) in [5, 5.41) is 9.38. The zero-order valence-corrected chi connectivity index (χ0v) is 12.2. The van der Waals surface area contributed by atoms with Crippen LogP contribution in [0.5, 0.6) is 0 Å². The quantitative estimate of drug-likeness (QED) is 0.889. The van der Waals surface area contributed by atoms with E-state index in [0.29, 0.717) is 38.0 Å². The van der Waals surface area contributed by atoms with Crippen LogP contribution in [0.25, 0.3) is 0 Å². The molecule has 1 aliphatic carbocycles. The fourth-order valence-corrected chi connectivity index (χ4v) is 4.08. The van der Waals surface area contributed by atoms with Crippen molar-refractivity contribution in [2.45, 2.75) is 36.8 Å². The average molecular weight is 300 g/mol. The predicted molar refractivity (Wildman–Crippen MR) is 72.8 cm³/mol. The van der Waals surface area contributed by atoms with Gasteiger partial charge in [0.05, 0.1) is 13.2 Å². The van der Waals surface area contributed by atoms with Gasteiger partial charge >= 0.3 is 0 Å². The Morgan fingerprint density at radius 2 is 2.10 bits per heavy atom. The molecule has 1 aromatic heterocycles. The molecule has 0 bridgehead atoms. The zero-order chi connectivity index (χ0) is 14.2. The summed E-state index contributed by atoms with van der Waals surface area (Å²) in [4.78, 5) is 0.287. The molecule has 112 valence electrons. The van der Waals surface area contributed by atoms with E-state index < -0.39 is 10.0 Å². The second kappa shape index (κ2) is 5.48. The SMILES string of the molecule is O=S(=O)(c1cc(CO)n(C2CC2)c1)N1CCCOCC1. The Bertz CT molecular complexity index is 569. The molecule has 0 amide bonds. The van der Waals surface area contributed by atoms with E-state index in [1.54, 1.807) is 12.3 Å². The summed E-state index contributed by atoms with van der Waals surface area (Å²) < 4.78 is 34.0. The van der Waals surface area contributed by atoms with Gasteiger partial charge < -0.3 is 14.4 Å². The minimum absolute atomic E-state index is 0.130. The number of sulfonamides is 1. The Balaban J connectivity index is 1.89. The number of aromatic nitrogens is 1. The van der Waals surface area contributed by atoms with Gasteiger partial charge in [0.2, 0.25) is 10.0 Å². The molecule has 20 heavy (non-hydrogen) atoms. The molecule has 0 spiro atoms. The van der Waals surface area contributed by atoms with E-state index in [1.807, 2.05) is 4.57 Å². The van der Waals surface area contributed by atoms with E-state index in [2.05, 4.69) is 0 Å². The first-order valence-electron chi connectivity index (χ1n) is 7.02. The van der Waals surface area contributed by atoms with E-state index >= 15 is 0 Å². The van der Waals surface area contributed by atoms with Crippen LogP contribution < -0.4 is 0 Å². The third kappa shape index (κ3) is 2.63. The number of rotatable bonds is 4. The van der Waals surface area contributed by atoms with Crippen LogP contribution in [-0.2, 0) is 21.4 Å². The fraction of sp³-hybridized carbons (Fsp3) is 0.692. The van der Waals surface area contributed by atoms with Crippen molar-refractivity contribution in [3.8, 4) is 0 Å². The lowest BCUT2D eigenvalue weighted by atomic mass is 10.4. The normalized spacial score (nSPS) is 21.9. The lowest BCUT2D eigenvalue weighted by molar-refractivity contribution is 0.148. The maximum Gasteiger partial charge on any atom is 0.244 e. The van der Waals surface area contributed by atoms with Crippen molar-refractivity contribution in [2.24, 2.45) is 0 Å². The Kier molecular flexibility index (Phi) is 3.85. The van der Waals surface area contributed by atoms with Crippen molar-refractivity contribution in [1.29, 1.82) is 0 Å². The smallest absolute Gasteiger partial charge is 0.244 e. The maximum absolute atomic E-state index is 12.6. The molecule has 7 heteroatoms. The maximum atomic E-state index is 12.6. The van der Waals surface area contributed by atoms with Crippen molar-refractivity contribution < 1.29 is 18.3 Å². The van der Waals surface area contributed by atoms with Gasteiger partial charge in [0, 0.05) is 37.6 Å². The van der Waals surface area contributed by atoms with E-state index in [1.165, 1.54) is 4.31 Å². The van der Waals surface area contributed by atoms with E-state index in [0.717, 1.165) is 19.3 Å². The van der Waals surface area contributed by atoms with Crippen molar-refractivity contribution in [2.75, 3.05) is 26.3 Å². The predicted octanol–water partition coefficient (Wildman–Crippen LogP) is 0.726. The van der Waals surface area contributed by atoms with Crippen LogP contribution in [0.4, 0.5) is 0 Å². The molecule has 1 N–H and O–H groups in total. The van der Waals surface area contributed by atoms with Gasteiger partial charge in [-0.2, -0.15) is 4.31 Å². The molecule has 1 aromatic rings. The molecule has 0 radical (unpaired) electrons. The van der Waals surface area contributed by atoms with Crippen LogP contribution in [0.15, 0.2) is 17.2 Å². The summed E-state index contributed by atoms with van der Waals surface area (Å²) in [6.07, 6.45) is 4.50. The first kappa shape index (κ1) is 14.1. The standard InChI is InChI=1S/C13H20N2O4S/c16-10-12-8-13(9-15(12)11-2-3-11)20(17,18)14-4-1-6-19-7-5-14/h8-9,11,16H,1-7,10H2. The molecule has 0 atom stereocenters. The van der Waals surface area contributed by atoms with Crippen LogP contribution in [0.1, 0.15) is 31.0 Å². The number of nitrogens with zero attached hydrogens (tertiary/aromatic N) is 2. The molecule has 1 saturated heterocycles. The molecule has 0 aromatic carbocycles. The lowest BCUT2D eigenvalue weighted by Crippen LogP contribution is -2.33. The highest BCUT2D eigenvalue weighted by atomic mass is 32.2. The van der Waals surface area contributed by atoms with Gasteiger partial charge in [-0.05, 0) is 25.3 Å². The molecule has 6 nitrogen and oxygen atoms in total. The molecule has 1 aliphatic heterocycles. The van der Waals surface area contributed by atoms with Crippen molar-refractivity contribution in [1.82, 2.24) is 8.87 Å². The highest BCUT2D eigenvalue weighted by Gasteiger charge is 2.31. The summed E-state index contributed by atoms with van der Waals surface area (Å²) >= 11 is 0. The number of aliphatic hydroxyl groups is 1. The summed E-state index contributed by atoms with van der Waals surface area (Å²) in [5.74, 6) is 0. The second-order valence-electron chi connectivity index (χ2n) is 5.33. The molecule has 1 saturated carbocycles. The third-order valence-corrected chi connectivity index (χ3v) is 5.69. The summed E-state index contributed by atoms with van der Waals surface area (Å²) in [7, 11) is -3.48. The van der Waals surface area contributed by atoms with Gasteiger partial charge in [0.1, 0.15) is 4.90 Å². The van der Waals surface area contributed by atoms with Crippen molar-refractivity contribution >= 4 is 10.0 Å². The van der Waals surface area contributed by atoms with E-state index in [4.69, 9.17) is 4.74 Å². The number of hydrogen-bond donors (Lipinski definition) is 1. The molecule has 2 heterocycles. The first-order chi connectivity index (χ1) is 9.63. The average Bonchev–Trinajstić information content (AvgIpc) is 3.22. The number of hydrogen-bond acceptors (Lipinski definition) is 4. The van der Waals surface area contributed by atoms with Crippen LogP contribution in [-0.4, -0.2) is 48.7 Å². The monoisotopic (exact) mass is 300 g/mol.